The Morgan fingerprint density at radius 3 is 2.33 bits per heavy atom. The smallest absolute Gasteiger partial charge is 0.134 e. The number of benzene rings is 1. The van der Waals surface area contributed by atoms with Crippen LogP contribution in [0.1, 0.15) is 24.0 Å². The van der Waals surface area contributed by atoms with Crippen molar-refractivity contribution >= 4 is 11.6 Å². The van der Waals surface area contributed by atoms with E-state index in [9.17, 15) is 8.78 Å². The standard InChI is InChI=1S/C13H11ClF2N2/c1-2-11-7-12(14)18-13(17-11)5-8-3-9(15)6-10(16)4-8/h3-4,6-7H,2,5H2,1H3. The van der Waals surface area contributed by atoms with Gasteiger partial charge >= 0.3 is 0 Å². The maximum Gasteiger partial charge on any atom is 0.134 e. The van der Waals surface area contributed by atoms with Gasteiger partial charge in [-0.25, -0.2) is 18.7 Å². The lowest BCUT2D eigenvalue weighted by molar-refractivity contribution is 0.580. The van der Waals surface area contributed by atoms with E-state index in [-0.39, 0.29) is 6.42 Å². The molecule has 0 atom stereocenters. The molecule has 1 heterocycles. The number of halogens is 3. The van der Waals surface area contributed by atoms with Crippen LogP contribution in [0.5, 0.6) is 0 Å². The summed E-state index contributed by atoms with van der Waals surface area (Å²) in [6, 6.07) is 5.04. The molecular weight excluding hydrogens is 258 g/mol. The van der Waals surface area contributed by atoms with E-state index in [2.05, 4.69) is 9.97 Å². The molecule has 18 heavy (non-hydrogen) atoms. The van der Waals surface area contributed by atoms with Gasteiger partial charge in [0.2, 0.25) is 0 Å². The summed E-state index contributed by atoms with van der Waals surface area (Å²) in [5.41, 5.74) is 1.29. The van der Waals surface area contributed by atoms with Crippen LogP contribution in [0.3, 0.4) is 0 Å². The topological polar surface area (TPSA) is 25.8 Å². The maximum atomic E-state index is 13.0. The zero-order valence-corrected chi connectivity index (χ0v) is 10.5. The van der Waals surface area contributed by atoms with Gasteiger partial charge in [-0.15, -0.1) is 0 Å². The molecule has 0 aliphatic heterocycles. The Bertz CT molecular complexity index is 553. The lowest BCUT2D eigenvalue weighted by atomic mass is 10.1. The zero-order chi connectivity index (χ0) is 13.1. The first kappa shape index (κ1) is 12.9. The van der Waals surface area contributed by atoms with Crippen LogP contribution in [0.25, 0.3) is 0 Å². The summed E-state index contributed by atoms with van der Waals surface area (Å²) in [4.78, 5) is 8.31. The molecule has 1 aromatic carbocycles. The van der Waals surface area contributed by atoms with Crippen molar-refractivity contribution in [2.24, 2.45) is 0 Å². The Morgan fingerprint density at radius 2 is 1.72 bits per heavy atom. The molecule has 2 nitrogen and oxygen atoms in total. The fraction of sp³-hybridized carbons (Fsp3) is 0.231. The molecular formula is C13H11ClF2N2. The number of aromatic nitrogens is 2. The largest absolute Gasteiger partial charge is 0.237 e. The monoisotopic (exact) mass is 268 g/mol. The van der Waals surface area contributed by atoms with Crippen molar-refractivity contribution < 1.29 is 8.78 Å². The van der Waals surface area contributed by atoms with Crippen LogP contribution >= 0.6 is 11.6 Å². The molecule has 2 rings (SSSR count). The number of aryl methyl sites for hydroxylation is 1. The van der Waals surface area contributed by atoms with E-state index < -0.39 is 11.6 Å². The molecule has 0 radical (unpaired) electrons. The average molecular weight is 269 g/mol. The summed E-state index contributed by atoms with van der Waals surface area (Å²) in [5.74, 6) is -0.755. The molecule has 0 fully saturated rings. The van der Waals surface area contributed by atoms with E-state index >= 15 is 0 Å². The van der Waals surface area contributed by atoms with Crippen LogP contribution in [0.2, 0.25) is 5.15 Å². The van der Waals surface area contributed by atoms with Gasteiger partial charge in [-0.05, 0) is 30.2 Å². The second kappa shape index (κ2) is 5.40. The molecule has 0 saturated heterocycles. The van der Waals surface area contributed by atoms with Crippen molar-refractivity contribution in [3.8, 4) is 0 Å². The molecule has 0 amide bonds. The van der Waals surface area contributed by atoms with Gasteiger partial charge in [-0.1, -0.05) is 18.5 Å². The third-order valence-electron chi connectivity index (χ3n) is 2.44. The Morgan fingerprint density at radius 1 is 1.06 bits per heavy atom. The van der Waals surface area contributed by atoms with Crippen molar-refractivity contribution in [3.05, 3.63) is 58.1 Å². The van der Waals surface area contributed by atoms with Crippen molar-refractivity contribution in [1.29, 1.82) is 0 Å². The Labute approximate surface area is 109 Å². The van der Waals surface area contributed by atoms with Crippen LogP contribution in [0, 0.1) is 11.6 Å². The Balaban J connectivity index is 2.30. The molecule has 0 spiro atoms. The summed E-state index contributed by atoms with van der Waals surface area (Å²) in [7, 11) is 0. The Hall–Kier alpha value is -1.55. The SMILES string of the molecule is CCc1cc(Cl)nc(Cc2cc(F)cc(F)c2)n1. The van der Waals surface area contributed by atoms with Gasteiger partial charge in [0.15, 0.2) is 0 Å². The van der Waals surface area contributed by atoms with Crippen molar-refractivity contribution in [3.63, 3.8) is 0 Å². The van der Waals surface area contributed by atoms with E-state index in [4.69, 9.17) is 11.6 Å². The van der Waals surface area contributed by atoms with E-state index in [1.807, 2.05) is 6.92 Å². The quantitative estimate of drug-likeness (QED) is 0.796. The minimum atomic E-state index is -0.609. The van der Waals surface area contributed by atoms with Gasteiger partial charge in [0.1, 0.15) is 22.6 Å². The highest BCUT2D eigenvalue weighted by molar-refractivity contribution is 6.29. The fourth-order valence-electron chi connectivity index (χ4n) is 1.67. The zero-order valence-electron chi connectivity index (χ0n) is 9.75. The predicted molar refractivity (Wildman–Crippen MR) is 65.6 cm³/mol. The van der Waals surface area contributed by atoms with Gasteiger partial charge in [-0.2, -0.15) is 0 Å². The van der Waals surface area contributed by atoms with Gasteiger partial charge in [0.25, 0.3) is 0 Å². The minimum absolute atomic E-state index is 0.252. The summed E-state index contributed by atoms with van der Waals surface area (Å²) in [5, 5.41) is 0.341. The van der Waals surface area contributed by atoms with Gasteiger partial charge in [-0.3, -0.25) is 0 Å². The Kier molecular flexibility index (Phi) is 3.87. The van der Waals surface area contributed by atoms with E-state index in [1.54, 1.807) is 6.07 Å². The molecule has 1 aromatic heterocycles. The highest BCUT2D eigenvalue weighted by Crippen LogP contribution is 2.14. The van der Waals surface area contributed by atoms with Crippen LogP contribution in [0.15, 0.2) is 24.3 Å². The minimum Gasteiger partial charge on any atom is -0.237 e. The molecule has 0 N–H and O–H groups in total. The van der Waals surface area contributed by atoms with Crippen molar-refractivity contribution in [1.82, 2.24) is 9.97 Å². The normalized spacial score (nSPS) is 10.7. The number of rotatable bonds is 3. The fourth-order valence-corrected chi connectivity index (χ4v) is 1.90. The maximum absolute atomic E-state index is 13.0. The van der Waals surface area contributed by atoms with Crippen LogP contribution in [-0.4, -0.2) is 9.97 Å². The third-order valence-corrected chi connectivity index (χ3v) is 2.63. The van der Waals surface area contributed by atoms with Crippen LogP contribution < -0.4 is 0 Å². The van der Waals surface area contributed by atoms with Crippen LogP contribution in [0.4, 0.5) is 8.78 Å². The van der Waals surface area contributed by atoms with E-state index in [1.165, 1.54) is 12.1 Å². The lowest BCUT2D eigenvalue weighted by Crippen LogP contribution is -2.01. The highest BCUT2D eigenvalue weighted by atomic mass is 35.5. The first-order valence-electron chi connectivity index (χ1n) is 5.54. The molecule has 0 aliphatic carbocycles. The number of hydrogen-bond donors (Lipinski definition) is 0. The predicted octanol–water partition coefficient (Wildman–Crippen LogP) is 3.56. The molecule has 0 bridgehead atoms. The molecule has 5 heteroatoms. The van der Waals surface area contributed by atoms with Crippen molar-refractivity contribution in [2.45, 2.75) is 19.8 Å². The first-order chi connectivity index (χ1) is 8.56. The molecule has 0 saturated carbocycles. The molecule has 0 unspecified atom stereocenters. The van der Waals surface area contributed by atoms with Gasteiger partial charge < -0.3 is 0 Å². The van der Waals surface area contributed by atoms with E-state index in [0.29, 0.717) is 16.5 Å². The first-order valence-corrected chi connectivity index (χ1v) is 5.92. The van der Waals surface area contributed by atoms with E-state index in [0.717, 1.165) is 18.2 Å². The number of nitrogens with zero attached hydrogens (tertiary/aromatic N) is 2. The van der Waals surface area contributed by atoms with Crippen LogP contribution in [-0.2, 0) is 12.8 Å². The average Bonchev–Trinajstić information content (AvgIpc) is 2.26. The molecule has 0 aliphatic rings. The molecule has 2 aromatic rings. The van der Waals surface area contributed by atoms with Crippen molar-refractivity contribution in [2.75, 3.05) is 0 Å². The molecule has 94 valence electrons. The second-order valence-electron chi connectivity index (χ2n) is 3.91. The van der Waals surface area contributed by atoms with Gasteiger partial charge in [0.05, 0.1) is 0 Å². The highest BCUT2D eigenvalue weighted by Gasteiger charge is 2.06. The lowest BCUT2D eigenvalue weighted by Gasteiger charge is -2.04. The number of hydrogen-bond acceptors (Lipinski definition) is 2. The summed E-state index contributed by atoms with van der Waals surface area (Å²) in [6.07, 6.45) is 0.981. The summed E-state index contributed by atoms with van der Waals surface area (Å²) in [6.45, 7) is 1.95. The summed E-state index contributed by atoms with van der Waals surface area (Å²) >= 11 is 5.86. The second-order valence-corrected chi connectivity index (χ2v) is 4.29. The summed E-state index contributed by atoms with van der Waals surface area (Å²) < 4.78 is 26.1. The third kappa shape index (κ3) is 3.23. The van der Waals surface area contributed by atoms with Gasteiger partial charge in [0, 0.05) is 18.2 Å².